The van der Waals surface area contributed by atoms with E-state index in [0.717, 1.165) is 173 Å². The lowest BCUT2D eigenvalue weighted by molar-refractivity contribution is -0.167. The normalized spacial score (nSPS) is 13.2. The quantitative estimate of drug-likeness (QED) is 0.0261. The van der Waals surface area contributed by atoms with Crippen molar-refractivity contribution < 1.29 is 28.6 Å². The predicted octanol–water partition coefficient (Wildman–Crippen LogP) is 20.8. The van der Waals surface area contributed by atoms with Gasteiger partial charge in [0, 0.05) is 19.3 Å². The Morgan fingerprint density at radius 3 is 0.747 bits per heavy atom. The largest absolute Gasteiger partial charge is 0.462 e. The molecule has 0 aliphatic rings. The first-order valence-electron chi connectivity index (χ1n) is 30.3. The van der Waals surface area contributed by atoms with E-state index < -0.39 is 6.10 Å². The summed E-state index contributed by atoms with van der Waals surface area (Å²) in [6.07, 6.45) is 88.4. The van der Waals surface area contributed by atoms with Gasteiger partial charge in [0.2, 0.25) is 0 Å². The van der Waals surface area contributed by atoms with E-state index in [1.54, 1.807) is 0 Å². The van der Waals surface area contributed by atoms with Crippen molar-refractivity contribution in [1.29, 1.82) is 0 Å². The third-order valence-corrected chi connectivity index (χ3v) is 12.3. The van der Waals surface area contributed by atoms with E-state index in [9.17, 15) is 14.4 Å². The number of rotatable bonds is 53. The fraction of sp³-hybridized carbons (Fsp3) is 0.609. The van der Waals surface area contributed by atoms with Crippen LogP contribution < -0.4 is 0 Å². The number of allylic oxidation sites excluding steroid dienone is 24. The van der Waals surface area contributed by atoms with Crippen LogP contribution in [0.3, 0.4) is 0 Å². The molecule has 0 rings (SSSR count). The number of carbonyl (C=O) groups is 3. The SMILES string of the molecule is CC/C=C\C/C=C\C/C=C\C/C=C\C/C=C\CCCCCCCCCCCC(=O)OCC(COC(=O)CCCCCCC/C=C\C/C=C\C/C=C\CC)OC(=O)CCCCCC/C=C\C/C=C\C/C=C\C/C=C\CC. The number of carbonyl (C=O) groups excluding carboxylic acids is 3. The summed E-state index contributed by atoms with van der Waals surface area (Å²) >= 11 is 0. The molecule has 0 amide bonds. The lowest BCUT2D eigenvalue weighted by atomic mass is 10.1. The lowest BCUT2D eigenvalue weighted by Gasteiger charge is -2.18. The molecule has 0 heterocycles. The van der Waals surface area contributed by atoms with Crippen LogP contribution in [0.15, 0.2) is 146 Å². The first-order chi connectivity index (χ1) is 37.0. The van der Waals surface area contributed by atoms with Gasteiger partial charge in [0.15, 0.2) is 6.10 Å². The minimum atomic E-state index is -0.808. The van der Waals surface area contributed by atoms with Crippen molar-refractivity contribution in [3.8, 4) is 0 Å². The Labute approximate surface area is 461 Å². The Bertz CT molecular complexity index is 1660. The van der Waals surface area contributed by atoms with Gasteiger partial charge < -0.3 is 14.2 Å². The summed E-state index contributed by atoms with van der Waals surface area (Å²) in [7, 11) is 0. The van der Waals surface area contributed by atoms with E-state index >= 15 is 0 Å². The Balaban J connectivity index is 4.43. The monoisotopic (exact) mass is 1030 g/mol. The molecule has 0 aliphatic carbocycles. The molecule has 0 bridgehead atoms. The zero-order valence-corrected chi connectivity index (χ0v) is 48.3. The minimum Gasteiger partial charge on any atom is -0.462 e. The molecule has 6 heteroatoms. The summed E-state index contributed by atoms with van der Waals surface area (Å²) in [5.74, 6) is -0.952. The molecule has 0 aromatic carbocycles. The van der Waals surface area contributed by atoms with Gasteiger partial charge in [-0.3, -0.25) is 14.4 Å². The van der Waals surface area contributed by atoms with Gasteiger partial charge in [-0.1, -0.05) is 244 Å². The van der Waals surface area contributed by atoms with E-state index in [4.69, 9.17) is 14.2 Å². The van der Waals surface area contributed by atoms with Gasteiger partial charge in [0.05, 0.1) is 0 Å². The molecule has 0 spiro atoms. The van der Waals surface area contributed by atoms with E-state index in [2.05, 4.69) is 167 Å². The molecule has 0 N–H and O–H groups in total. The standard InChI is InChI=1S/C69H110O6/c1-4-7-10-13-16-19-22-25-28-30-31-32-33-34-35-36-37-39-41-44-47-50-53-56-59-62-68(71)74-65-66(64-73-67(70)61-58-55-52-49-46-43-40-27-24-21-18-15-12-9-6-3)75-69(72)63-60-57-54-51-48-45-42-38-29-26-23-20-17-14-11-8-5-2/h7-12,16-21,25-29,31-32,34-35,40,42,45,66H,4-6,13-15,22-24,30,33,36-39,41,43-44,46-65H2,1-3H3/b10-7-,11-8-,12-9-,19-16-,20-17-,21-18-,28-25-,29-26-,32-31-,35-34-,40-27-,45-42-. The van der Waals surface area contributed by atoms with Crippen molar-refractivity contribution in [2.75, 3.05) is 13.2 Å². The third kappa shape index (κ3) is 60.0. The highest BCUT2D eigenvalue weighted by Crippen LogP contribution is 2.14. The molecular formula is C69H110O6. The van der Waals surface area contributed by atoms with Crippen LogP contribution in [-0.4, -0.2) is 37.2 Å². The number of ether oxygens (including phenoxy) is 3. The van der Waals surface area contributed by atoms with E-state index in [1.807, 2.05) is 0 Å². The molecule has 0 saturated heterocycles. The van der Waals surface area contributed by atoms with Crippen LogP contribution in [0.5, 0.6) is 0 Å². The van der Waals surface area contributed by atoms with Crippen LogP contribution in [0, 0.1) is 0 Å². The average Bonchev–Trinajstić information content (AvgIpc) is 3.41. The second kappa shape index (κ2) is 61.8. The summed E-state index contributed by atoms with van der Waals surface area (Å²) in [5, 5.41) is 0. The maximum absolute atomic E-state index is 12.9. The van der Waals surface area contributed by atoms with Crippen LogP contribution >= 0.6 is 0 Å². The van der Waals surface area contributed by atoms with Crippen LogP contribution in [0.2, 0.25) is 0 Å². The Morgan fingerprint density at radius 1 is 0.267 bits per heavy atom. The molecule has 0 aromatic rings. The first-order valence-corrected chi connectivity index (χ1v) is 30.3. The van der Waals surface area contributed by atoms with Crippen molar-refractivity contribution in [2.24, 2.45) is 0 Å². The Kier molecular flexibility index (Phi) is 58.0. The number of hydrogen-bond donors (Lipinski definition) is 0. The maximum Gasteiger partial charge on any atom is 0.306 e. The van der Waals surface area contributed by atoms with E-state index in [-0.39, 0.29) is 37.5 Å². The second-order valence-corrected chi connectivity index (χ2v) is 19.5. The highest BCUT2D eigenvalue weighted by molar-refractivity contribution is 5.71. The molecule has 0 aromatic heterocycles. The van der Waals surface area contributed by atoms with Gasteiger partial charge in [-0.2, -0.15) is 0 Å². The molecule has 1 unspecified atom stereocenters. The molecular weight excluding hydrogens is 925 g/mol. The van der Waals surface area contributed by atoms with Crippen LogP contribution in [0.25, 0.3) is 0 Å². The summed E-state index contributed by atoms with van der Waals surface area (Å²) in [5.41, 5.74) is 0. The smallest absolute Gasteiger partial charge is 0.306 e. The van der Waals surface area contributed by atoms with Crippen molar-refractivity contribution in [2.45, 2.75) is 258 Å². The number of esters is 3. The average molecular weight is 1040 g/mol. The number of unbranched alkanes of at least 4 members (excludes halogenated alkanes) is 18. The van der Waals surface area contributed by atoms with Crippen molar-refractivity contribution in [3.05, 3.63) is 146 Å². The molecule has 0 fully saturated rings. The van der Waals surface area contributed by atoms with Crippen LogP contribution in [0.4, 0.5) is 0 Å². The highest BCUT2D eigenvalue weighted by Gasteiger charge is 2.19. The van der Waals surface area contributed by atoms with E-state index in [1.165, 1.54) is 38.5 Å². The van der Waals surface area contributed by atoms with Crippen molar-refractivity contribution >= 4 is 17.9 Å². The van der Waals surface area contributed by atoms with Gasteiger partial charge in [0.25, 0.3) is 0 Å². The lowest BCUT2D eigenvalue weighted by Crippen LogP contribution is -2.30. The minimum absolute atomic E-state index is 0.102. The third-order valence-electron chi connectivity index (χ3n) is 12.3. The molecule has 0 saturated carbocycles. The molecule has 6 nitrogen and oxygen atoms in total. The fourth-order valence-electron chi connectivity index (χ4n) is 7.89. The van der Waals surface area contributed by atoms with Crippen LogP contribution in [0.1, 0.15) is 252 Å². The molecule has 1 atom stereocenters. The predicted molar refractivity (Wildman–Crippen MR) is 325 cm³/mol. The Morgan fingerprint density at radius 2 is 0.480 bits per heavy atom. The van der Waals surface area contributed by atoms with Gasteiger partial charge >= 0.3 is 17.9 Å². The topological polar surface area (TPSA) is 78.9 Å². The summed E-state index contributed by atoms with van der Waals surface area (Å²) in [6, 6.07) is 0. The zero-order valence-electron chi connectivity index (χ0n) is 48.3. The fourth-order valence-corrected chi connectivity index (χ4v) is 7.89. The Hall–Kier alpha value is -4.71. The summed E-state index contributed by atoms with van der Waals surface area (Å²) in [6.45, 7) is 6.26. The molecule has 0 radical (unpaired) electrons. The summed E-state index contributed by atoms with van der Waals surface area (Å²) < 4.78 is 16.9. The maximum atomic E-state index is 12.9. The van der Waals surface area contributed by atoms with Crippen molar-refractivity contribution in [1.82, 2.24) is 0 Å². The number of hydrogen-bond acceptors (Lipinski definition) is 6. The molecule has 422 valence electrons. The van der Waals surface area contributed by atoms with Crippen LogP contribution in [-0.2, 0) is 28.6 Å². The van der Waals surface area contributed by atoms with Gasteiger partial charge in [-0.05, 0) is 135 Å². The zero-order chi connectivity index (χ0) is 54.3. The van der Waals surface area contributed by atoms with Gasteiger partial charge in [0.1, 0.15) is 13.2 Å². The van der Waals surface area contributed by atoms with Gasteiger partial charge in [-0.15, -0.1) is 0 Å². The highest BCUT2D eigenvalue weighted by atomic mass is 16.6. The van der Waals surface area contributed by atoms with Gasteiger partial charge in [-0.25, -0.2) is 0 Å². The summed E-state index contributed by atoms with van der Waals surface area (Å²) in [4.78, 5) is 38.3. The second-order valence-electron chi connectivity index (χ2n) is 19.5. The van der Waals surface area contributed by atoms with Crippen molar-refractivity contribution in [3.63, 3.8) is 0 Å². The molecule has 0 aliphatic heterocycles. The van der Waals surface area contributed by atoms with E-state index in [0.29, 0.717) is 12.8 Å². The first kappa shape index (κ1) is 70.3. The molecule has 75 heavy (non-hydrogen) atoms.